The summed E-state index contributed by atoms with van der Waals surface area (Å²) in [5, 5.41) is 1.06. The molecule has 2 rings (SSSR count). The van der Waals surface area contributed by atoms with Crippen LogP contribution >= 0.6 is 0 Å². The first-order valence-electron chi connectivity index (χ1n) is 5.09. The van der Waals surface area contributed by atoms with Crippen LogP contribution in [0.15, 0.2) is 36.4 Å². The number of carbonyl (C=O) groups is 2. The molecule has 80 valence electrons. The van der Waals surface area contributed by atoms with Crippen molar-refractivity contribution in [3.8, 4) is 0 Å². The zero-order valence-electron chi connectivity index (χ0n) is 8.67. The van der Waals surface area contributed by atoms with Crippen LogP contribution in [-0.4, -0.2) is 17.6 Å². The number of hydrogen-bond donors (Lipinski definition) is 0. The molecule has 0 unspecified atom stereocenters. The van der Waals surface area contributed by atoms with Gasteiger partial charge in [0.05, 0.1) is 11.4 Å². The van der Waals surface area contributed by atoms with Crippen molar-refractivity contribution in [1.29, 1.82) is 0 Å². The zero-order valence-corrected chi connectivity index (χ0v) is 8.67. The summed E-state index contributed by atoms with van der Waals surface area (Å²) in [6, 6.07) is 11.5. The first-order valence-corrected chi connectivity index (χ1v) is 5.09. The lowest BCUT2D eigenvalue weighted by atomic mass is 10.1. The number of benzene rings is 1. The maximum Gasteiger partial charge on any atom is 0.130 e. The van der Waals surface area contributed by atoms with Gasteiger partial charge < -0.3 is 9.59 Å². The molecular weight excluding hydrogens is 202 g/mol. The van der Waals surface area contributed by atoms with Crippen LogP contribution in [0, 0.1) is 5.92 Å². The van der Waals surface area contributed by atoms with Crippen molar-refractivity contribution < 1.29 is 9.59 Å². The minimum Gasteiger partial charge on any atom is -0.303 e. The van der Waals surface area contributed by atoms with E-state index in [1.165, 1.54) is 0 Å². The lowest BCUT2D eigenvalue weighted by Crippen LogP contribution is -2.08. The Bertz CT molecular complexity index is 514. The molecule has 0 N–H and O–H groups in total. The van der Waals surface area contributed by atoms with Gasteiger partial charge in [-0.05, 0) is 12.1 Å². The number of fused-ring (bicyclic) bond motifs is 1. The Morgan fingerprint density at radius 2 is 1.81 bits per heavy atom. The van der Waals surface area contributed by atoms with Crippen molar-refractivity contribution >= 4 is 23.5 Å². The van der Waals surface area contributed by atoms with Crippen LogP contribution in [0.5, 0.6) is 0 Å². The molecule has 0 aliphatic carbocycles. The van der Waals surface area contributed by atoms with Gasteiger partial charge in [-0.15, -0.1) is 0 Å². The molecule has 16 heavy (non-hydrogen) atoms. The van der Waals surface area contributed by atoms with Crippen LogP contribution in [-0.2, 0) is 16.0 Å². The lowest BCUT2D eigenvalue weighted by Gasteiger charge is -2.03. The molecule has 0 saturated heterocycles. The number of rotatable bonds is 4. The van der Waals surface area contributed by atoms with Crippen molar-refractivity contribution in [3.63, 3.8) is 0 Å². The van der Waals surface area contributed by atoms with Crippen LogP contribution < -0.4 is 0 Å². The maximum atomic E-state index is 10.5. The Balaban J connectivity index is 2.32. The predicted octanol–water partition coefficient (Wildman–Crippen LogP) is 1.79. The summed E-state index contributed by atoms with van der Waals surface area (Å²) in [7, 11) is 0. The quantitative estimate of drug-likeness (QED) is 0.574. The summed E-state index contributed by atoms with van der Waals surface area (Å²) < 4.78 is 0. The summed E-state index contributed by atoms with van der Waals surface area (Å²) in [6.07, 6.45) is 1.69. The molecule has 1 aromatic carbocycles. The van der Waals surface area contributed by atoms with Crippen LogP contribution in [0.1, 0.15) is 5.69 Å². The molecule has 0 bridgehead atoms. The van der Waals surface area contributed by atoms with Crippen molar-refractivity contribution in [1.82, 2.24) is 4.98 Å². The van der Waals surface area contributed by atoms with Gasteiger partial charge in [0.25, 0.3) is 0 Å². The summed E-state index contributed by atoms with van der Waals surface area (Å²) >= 11 is 0. The third-order valence-electron chi connectivity index (χ3n) is 2.45. The third kappa shape index (κ3) is 2.14. The fourth-order valence-corrected chi connectivity index (χ4v) is 1.59. The van der Waals surface area contributed by atoms with Gasteiger partial charge in [0, 0.05) is 17.5 Å². The fraction of sp³-hybridized carbons (Fsp3) is 0.154. The smallest absolute Gasteiger partial charge is 0.130 e. The van der Waals surface area contributed by atoms with Gasteiger partial charge in [-0.1, -0.05) is 24.3 Å². The van der Waals surface area contributed by atoms with Gasteiger partial charge in [0.15, 0.2) is 0 Å². The van der Waals surface area contributed by atoms with Crippen LogP contribution in [0.4, 0.5) is 0 Å². The van der Waals surface area contributed by atoms with E-state index in [0.717, 1.165) is 16.6 Å². The number of nitrogens with zero attached hydrogens (tertiary/aromatic N) is 1. The highest BCUT2D eigenvalue weighted by atomic mass is 16.1. The first-order chi connectivity index (χ1) is 7.83. The molecule has 0 saturated carbocycles. The average molecular weight is 213 g/mol. The van der Waals surface area contributed by atoms with E-state index in [2.05, 4.69) is 4.98 Å². The number of para-hydroxylation sites is 1. The Kier molecular flexibility index (Phi) is 3.05. The Morgan fingerprint density at radius 1 is 1.06 bits per heavy atom. The molecule has 0 aliphatic rings. The third-order valence-corrected chi connectivity index (χ3v) is 2.45. The van der Waals surface area contributed by atoms with Gasteiger partial charge in [-0.25, -0.2) is 0 Å². The van der Waals surface area contributed by atoms with Gasteiger partial charge in [0.2, 0.25) is 0 Å². The van der Waals surface area contributed by atoms with E-state index in [0.29, 0.717) is 19.0 Å². The number of hydrogen-bond acceptors (Lipinski definition) is 3. The average Bonchev–Trinajstić information content (AvgIpc) is 2.35. The Labute approximate surface area is 93.1 Å². The topological polar surface area (TPSA) is 47.0 Å². The molecule has 0 atom stereocenters. The van der Waals surface area contributed by atoms with Crippen LogP contribution in [0.2, 0.25) is 0 Å². The van der Waals surface area contributed by atoms with Crippen molar-refractivity contribution in [2.45, 2.75) is 6.42 Å². The highest BCUT2D eigenvalue weighted by Gasteiger charge is 2.07. The van der Waals surface area contributed by atoms with E-state index < -0.39 is 5.92 Å². The minimum absolute atomic E-state index is 0.373. The SMILES string of the molecule is O=CC(C=O)Cc1ccc2ccccc2n1. The molecule has 3 nitrogen and oxygen atoms in total. The highest BCUT2D eigenvalue weighted by Crippen LogP contribution is 2.13. The first kappa shape index (κ1) is 10.5. The van der Waals surface area contributed by atoms with E-state index in [1.54, 1.807) is 0 Å². The maximum absolute atomic E-state index is 10.5. The highest BCUT2D eigenvalue weighted by molar-refractivity contribution is 5.79. The molecule has 0 radical (unpaired) electrons. The van der Waals surface area contributed by atoms with Gasteiger partial charge in [0.1, 0.15) is 12.6 Å². The Morgan fingerprint density at radius 3 is 2.56 bits per heavy atom. The monoisotopic (exact) mass is 213 g/mol. The molecule has 0 amide bonds. The second-order valence-electron chi connectivity index (χ2n) is 3.64. The van der Waals surface area contributed by atoms with Gasteiger partial charge >= 0.3 is 0 Å². The number of carbonyl (C=O) groups excluding carboxylic acids is 2. The van der Waals surface area contributed by atoms with Gasteiger partial charge in [-0.2, -0.15) is 0 Å². The van der Waals surface area contributed by atoms with Gasteiger partial charge in [-0.3, -0.25) is 4.98 Å². The molecule has 0 fully saturated rings. The molecule has 0 aliphatic heterocycles. The number of pyridine rings is 1. The summed E-state index contributed by atoms with van der Waals surface area (Å²) in [5.41, 5.74) is 1.65. The van der Waals surface area contributed by atoms with Crippen molar-refractivity contribution in [3.05, 3.63) is 42.1 Å². The van der Waals surface area contributed by atoms with E-state index in [1.807, 2.05) is 36.4 Å². The zero-order chi connectivity index (χ0) is 11.4. The normalized spacial score (nSPS) is 10.6. The number of aldehydes is 2. The predicted molar refractivity (Wildman–Crippen MR) is 61.1 cm³/mol. The molecule has 1 aromatic heterocycles. The Hall–Kier alpha value is -2.03. The summed E-state index contributed by atoms with van der Waals surface area (Å²) in [5.74, 6) is -0.589. The largest absolute Gasteiger partial charge is 0.303 e. The molecule has 3 heteroatoms. The van der Waals surface area contributed by atoms with E-state index in [-0.39, 0.29) is 0 Å². The standard InChI is InChI=1S/C13H11NO2/c15-8-10(9-16)7-12-6-5-11-3-1-2-4-13(11)14-12/h1-6,8-10H,7H2. The second-order valence-corrected chi connectivity index (χ2v) is 3.64. The van der Waals surface area contributed by atoms with Crippen LogP contribution in [0.25, 0.3) is 10.9 Å². The van der Waals surface area contributed by atoms with Crippen molar-refractivity contribution in [2.75, 3.05) is 0 Å². The second kappa shape index (κ2) is 4.66. The number of aromatic nitrogens is 1. The van der Waals surface area contributed by atoms with E-state index in [9.17, 15) is 9.59 Å². The molecule has 2 aromatic rings. The lowest BCUT2D eigenvalue weighted by molar-refractivity contribution is -0.119. The van der Waals surface area contributed by atoms with Crippen LogP contribution in [0.3, 0.4) is 0 Å². The van der Waals surface area contributed by atoms with E-state index >= 15 is 0 Å². The molecule has 1 heterocycles. The summed E-state index contributed by atoms with van der Waals surface area (Å²) in [4.78, 5) is 25.5. The fourth-order valence-electron chi connectivity index (χ4n) is 1.59. The molecule has 0 spiro atoms. The minimum atomic E-state index is -0.589. The molecular formula is C13H11NO2. The van der Waals surface area contributed by atoms with E-state index in [4.69, 9.17) is 0 Å². The summed E-state index contributed by atoms with van der Waals surface area (Å²) in [6.45, 7) is 0. The van der Waals surface area contributed by atoms with Crippen molar-refractivity contribution in [2.24, 2.45) is 5.92 Å².